The molecule has 2 atom stereocenters. The van der Waals surface area contributed by atoms with E-state index in [1.165, 1.54) is 11.7 Å². The summed E-state index contributed by atoms with van der Waals surface area (Å²) in [6.45, 7) is 2.56. The zero-order chi connectivity index (χ0) is 24.9. The molecule has 1 unspecified atom stereocenters. The Kier molecular flexibility index (Phi) is 8.20. The Bertz CT molecular complexity index is 1060. The first-order valence-electron chi connectivity index (χ1n) is 9.89. The molecule has 0 aliphatic carbocycles. The van der Waals surface area contributed by atoms with Crippen molar-refractivity contribution in [2.24, 2.45) is 0 Å². The number of hydrogen-bond donors (Lipinski definition) is 2. The van der Waals surface area contributed by atoms with Crippen LogP contribution in [-0.4, -0.2) is 56.9 Å². The zero-order valence-electron chi connectivity index (χ0n) is 18.2. The van der Waals surface area contributed by atoms with Gasteiger partial charge in [0, 0.05) is 12.6 Å². The fourth-order valence-corrected chi connectivity index (χ4v) is 3.46. The maximum Gasteiger partial charge on any atom is 0.490 e. The molecule has 0 saturated carbocycles. The fraction of sp³-hybridized carbons (Fsp3) is 0.429. The van der Waals surface area contributed by atoms with Crippen molar-refractivity contribution in [1.29, 1.82) is 0 Å². The number of fused-ring (bicyclic) bond motifs is 1. The average molecular weight is 471 g/mol. The number of aromatic nitrogens is 2. The number of carboxylic acids is 1. The Morgan fingerprint density at radius 3 is 2.36 bits per heavy atom. The molecular weight excluding hydrogens is 447 g/mol. The van der Waals surface area contributed by atoms with Crippen molar-refractivity contribution in [1.82, 2.24) is 14.5 Å². The molecule has 1 aromatic carbocycles. The Balaban J connectivity index is 0.000000479. The molecule has 0 bridgehead atoms. The Morgan fingerprint density at radius 1 is 1.27 bits per heavy atom. The van der Waals surface area contributed by atoms with Gasteiger partial charge in [-0.3, -0.25) is 14.3 Å². The van der Waals surface area contributed by atoms with Crippen LogP contribution in [0.5, 0.6) is 5.75 Å². The summed E-state index contributed by atoms with van der Waals surface area (Å²) in [4.78, 5) is 39.8. The molecular formula is C21H24F3N3O6. The summed E-state index contributed by atoms with van der Waals surface area (Å²) >= 11 is 0. The van der Waals surface area contributed by atoms with Gasteiger partial charge in [-0.25, -0.2) is 14.6 Å². The van der Waals surface area contributed by atoms with Gasteiger partial charge in [0.15, 0.2) is 5.69 Å². The maximum absolute atomic E-state index is 12.5. The number of aliphatic carboxylic acids is 1. The van der Waals surface area contributed by atoms with Crippen molar-refractivity contribution in [2.75, 3.05) is 14.2 Å². The third-order valence-electron chi connectivity index (χ3n) is 5.34. The van der Waals surface area contributed by atoms with E-state index in [2.05, 4.69) is 33.7 Å². The molecule has 0 spiro atoms. The van der Waals surface area contributed by atoms with E-state index in [0.29, 0.717) is 12.4 Å². The zero-order valence-corrected chi connectivity index (χ0v) is 18.2. The largest absolute Gasteiger partial charge is 0.501 e. The molecule has 0 saturated heterocycles. The third-order valence-corrected chi connectivity index (χ3v) is 5.34. The Labute approximate surface area is 187 Å². The van der Waals surface area contributed by atoms with Gasteiger partial charge in [0.1, 0.15) is 5.82 Å². The van der Waals surface area contributed by atoms with Crippen molar-refractivity contribution in [3.8, 4) is 5.75 Å². The first-order valence-corrected chi connectivity index (χ1v) is 9.89. The van der Waals surface area contributed by atoms with E-state index in [0.717, 1.165) is 18.4 Å². The van der Waals surface area contributed by atoms with Crippen LogP contribution in [0.1, 0.15) is 53.7 Å². The highest BCUT2D eigenvalue weighted by Gasteiger charge is 2.38. The molecule has 1 aliphatic heterocycles. The first-order chi connectivity index (χ1) is 15.4. The molecule has 12 heteroatoms. The lowest BCUT2D eigenvalue weighted by molar-refractivity contribution is -0.192. The van der Waals surface area contributed by atoms with E-state index in [1.54, 1.807) is 0 Å². The van der Waals surface area contributed by atoms with Gasteiger partial charge < -0.3 is 14.9 Å². The highest BCUT2D eigenvalue weighted by atomic mass is 19.4. The van der Waals surface area contributed by atoms with Crippen LogP contribution in [0.2, 0.25) is 0 Å². The number of halogens is 3. The topological polar surface area (TPSA) is 122 Å². The number of benzene rings is 1. The lowest BCUT2D eigenvalue weighted by Crippen LogP contribution is -2.38. The van der Waals surface area contributed by atoms with Crippen LogP contribution in [0.25, 0.3) is 0 Å². The molecule has 9 nitrogen and oxygen atoms in total. The van der Waals surface area contributed by atoms with Crippen LogP contribution in [0.3, 0.4) is 0 Å². The quantitative estimate of drug-likeness (QED) is 0.653. The van der Waals surface area contributed by atoms with E-state index < -0.39 is 29.4 Å². The normalized spacial score (nSPS) is 16.3. The molecule has 2 N–H and O–H groups in total. The Hall–Kier alpha value is -3.41. The number of carboxylic acid groups (broad SMARTS) is 1. The molecule has 3 rings (SSSR count). The van der Waals surface area contributed by atoms with Gasteiger partial charge in [0.2, 0.25) is 5.75 Å². The van der Waals surface area contributed by atoms with Crippen LogP contribution >= 0.6 is 0 Å². The van der Waals surface area contributed by atoms with Crippen molar-refractivity contribution >= 4 is 11.9 Å². The van der Waals surface area contributed by atoms with Crippen LogP contribution in [0.15, 0.2) is 35.1 Å². The molecule has 0 fully saturated rings. The highest BCUT2D eigenvalue weighted by molar-refractivity contribution is 5.89. The number of aromatic hydroxyl groups is 1. The van der Waals surface area contributed by atoms with E-state index in [1.807, 2.05) is 25.2 Å². The van der Waals surface area contributed by atoms with Crippen molar-refractivity contribution < 1.29 is 37.7 Å². The number of nitrogens with zero attached hydrogens (tertiary/aromatic N) is 3. The van der Waals surface area contributed by atoms with Crippen molar-refractivity contribution in [3.63, 3.8) is 0 Å². The molecule has 33 heavy (non-hydrogen) atoms. The minimum absolute atomic E-state index is 0.0973. The predicted molar refractivity (Wildman–Crippen MR) is 110 cm³/mol. The second kappa shape index (κ2) is 10.5. The number of ether oxygens (including phenoxy) is 1. The van der Waals surface area contributed by atoms with Gasteiger partial charge in [-0.1, -0.05) is 30.3 Å². The van der Waals surface area contributed by atoms with Gasteiger partial charge in [-0.15, -0.1) is 0 Å². The summed E-state index contributed by atoms with van der Waals surface area (Å²) < 4.78 is 37.9. The number of esters is 1. The number of alkyl halides is 3. The number of rotatable bonds is 4. The maximum atomic E-state index is 12.5. The van der Waals surface area contributed by atoms with Crippen molar-refractivity contribution in [3.05, 3.63) is 57.8 Å². The van der Waals surface area contributed by atoms with Gasteiger partial charge in [-0.05, 0) is 32.4 Å². The first kappa shape index (κ1) is 25.8. The molecule has 0 radical (unpaired) electrons. The summed E-state index contributed by atoms with van der Waals surface area (Å²) in [6.07, 6.45) is -3.48. The molecule has 1 aromatic heterocycles. The molecule has 2 heterocycles. The number of carbonyl (C=O) groups is 2. The summed E-state index contributed by atoms with van der Waals surface area (Å²) in [5.74, 6) is -3.73. The molecule has 2 aromatic rings. The van der Waals surface area contributed by atoms with E-state index in [9.17, 15) is 27.9 Å². The van der Waals surface area contributed by atoms with Crippen molar-refractivity contribution in [2.45, 2.75) is 44.6 Å². The van der Waals surface area contributed by atoms with Gasteiger partial charge >= 0.3 is 18.1 Å². The summed E-state index contributed by atoms with van der Waals surface area (Å²) in [6, 6.07) is 10.0. The van der Waals surface area contributed by atoms with Gasteiger partial charge in [0.25, 0.3) is 5.56 Å². The molecule has 0 amide bonds. The summed E-state index contributed by atoms with van der Waals surface area (Å²) in [5, 5.41) is 17.2. The number of hydrogen-bond acceptors (Lipinski definition) is 7. The predicted octanol–water partition coefficient (Wildman–Crippen LogP) is 2.90. The lowest BCUT2D eigenvalue weighted by atomic mass is 10.00. The number of carbonyl (C=O) groups excluding carboxylic acids is 1. The van der Waals surface area contributed by atoms with E-state index in [4.69, 9.17) is 9.90 Å². The van der Waals surface area contributed by atoms with Gasteiger partial charge in [-0.2, -0.15) is 13.2 Å². The lowest BCUT2D eigenvalue weighted by Gasteiger charge is -2.36. The standard InChI is InChI=1S/C19H23N3O4.C2HF3O2/c1-12(13-8-5-4-6-9-13)21(2)14-10-7-11-22-17(14)20-15(19(25)26-3)16(23)18(22)24;3-2(4,5)1(6)7/h4-6,8-9,12,14,23H,7,10-11H2,1-3H3;(H,6,7)/t12-,14?;/m0./s1. The molecule has 1 aliphatic rings. The molecule has 180 valence electrons. The number of methoxy groups -OCH3 is 1. The summed E-state index contributed by atoms with van der Waals surface area (Å²) in [5.41, 5.74) is 0.235. The van der Waals surface area contributed by atoms with E-state index >= 15 is 0 Å². The van der Waals surface area contributed by atoms with Crippen LogP contribution in [0, 0.1) is 0 Å². The van der Waals surface area contributed by atoms with E-state index in [-0.39, 0.29) is 17.8 Å². The average Bonchev–Trinajstić information content (AvgIpc) is 2.79. The van der Waals surface area contributed by atoms with Gasteiger partial charge in [0.05, 0.1) is 13.2 Å². The fourth-order valence-electron chi connectivity index (χ4n) is 3.46. The Morgan fingerprint density at radius 2 is 1.85 bits per heavy atom. The van der Waals surface area contributed by atoms with Crippen LogP contribution in [0.4, 0.5) is 13.2 Å². The summed E-state index contributed by atoms with van der Waals surface area (Å²) in [7, 11) is 3.18. The SMILES string of the molecule is COC(=O)c1nc2n(c(=O)c1O)CCCC2N(C)[C@@H](C)c1ccccc1.O=C(O)C(F)(F)F. The van der Waals surface area contributed by atoms with Crippen LogP contribution in [-0.2, 0) is 16.1 Å². The minimum Gasteiger partial charge on any atom is -0.501 e. The smallest absolute Gasteiger partial charge is 0.490 e. The van der Waals surface area contributed by atoms with Crippen LogP contribution < -0.4 is 5.56 Å². The second-order valence-electron chi connectivity index (χ2n) is 7.33. The third kappa shape index (κ3) is 5.89. The monoisotopic (exact) mass is 471 g/mol. The second-order valence-corrected chi connectivity index (χ2v) is 7.33. The highest BCUT2D eigenvalue weighted by Crippen LogP contribution is 2.34. The minimum atomic E-state index is -5.08.